The summed E-state index contributed by atoms with van der Waals surface area (Å²) in [6.45, 7) is -1.55. The van der Waals surface area contributed by atoms with Gasteiger partial charge < -0.3 is 64.6 Å². The minimum atomic E-state index is -5.72. The van der Waals surface area contributed by atoms with Crippen molar-refractivity contribution >= 4 is 82.5 Å². The quantitative estimate of drug-likeness (QED) is 0.0141. The number of ether oxygens (including phenoxy) is 3. The molecule has 33 nitrogen and oxygen atoms in total. The number of aliphatic hydroxyl groups excluding tert-OH is 1. The van der Waals surface area contributed by atoms with E-state index >= 15 is 0 Å². The largest absolute Gasteiger partial charge is 0.490 e. The zero-order valence-electron chi connectivity index (χ0n) is 57.1. The molecule has 0 aromatic carbocycles. The van der Waals surface area contributed by atoms with Crippen molar-refractivity contribution in [2.45, 2.75) is 248 Å². The molecule has 101 heavy (non-hydrogen) atoms. The van der Waals surface area contributed by atoms with Crippen molar-refractivity contribution in [1.29, 1.82) is 0 Å². The summed E-state index contributed by atoms with van der Waals surface area (Å²) in [5.41, 5.74) is -2.32. The molecule has 0 spiro atoms. The molecule has 2 aromatic heterocycles. The second-order valence-electron chi connectivity index (χ2n) is 26.8. The van der Waals surface area contributed by atoms with Gasteiger partial charge in [-0.1, -0.05) is 176 Å². The molecule has 2 aliphatic heterocycles. The normalized spacial score (nSPS) is 23.7. The van der Waals surface area contributed by atoms with Gasteiger partial charge in [-0.15, -0.1) is 0 Å². The third kappa shape index (κ3) is 31.0. The molecule has 4 heterocycles. The second-order valence-corrected chi connectivity index (χ2v) is 35.1. The fourth-order valence-corrected chi connectivity index (χ4v) is 19.7. The van der Waals surface area contributed by atoms with Crippen LogP contribution < -0.4 is 38.2 Å². The highest BCUT2D eigenvalue weighted by molar-refractivity contribution is 8.77. The second kappa shape index (κ2) is 42.6. The number of hydrogen-bond acceptors (Lipinski definition) is 22. The molecular formula is C62H104N8O25P4S2. The van der Waals surface area contributed by atoms with Gasteiger partial charge in [-0.2, -0.15) is 13.6 Å². The molecule has 2 saturated heterocycles. The Morgan fingerprint density at radius 2 is 1.19 bits per heavy atom. The van der Waals surface area contributed by atoms with Crippen molar-refractivity contribution in [2.24, 2.45) is 29.6 Å². The maximum atomic E-state index is 13.3. The van der Waals surface area contributed by atoms with Gasteiger partial charge in [0, 0.05) is 62.6 Å². The van der Waals surface area contributed by atoms with E-state index in [2.05, 4.69) is 43.9 Å². The number of unbranched alkanes of at least 4 members (excludes halogenated alkanes) is 2. The number of rotatable bonds is 32. The summed E-state index contributed by atoms with van der Waals surface area (Å²) in [6.07, 6.45) is 32.8. The Morgan fingerprint density at radius 1 is 0.614 bits per heavy atom. The lowest BCUT2D eigenvalue weighted by Crippen LogP contribution is -2.46. The highest BCUT2D eigenvalue weighted by Crippen LogP contribution is 2.66. The van der Waals surface area contributed by atoms with Gasteiger partial charge in [-0.25, -0.2) is 32.6 Å². The molecule has 2 aromatic rings. The van der Waals surface area contributed by atoms with Gasteiger partial charge in [0.2, 0.25) is 11.8 Å². The molecule has 0 bridgehead atoms. The van der Waals surface area contributed by atoms with Gasteiger partial charge in [0.25, 0.3) is 11.5 Å². The van der Waals surface area contributed by atoms with E-state index in [0.717, 1.165) is 84.3 Å². The molecule has 11 N–H and O–H groups in total. The van der Waals surface area contributed by atoms with Crippen molar-refractivity contribution in [3.63, 3.8) is 0 Å². The van der Waals surface area contributed by atoms with E-state index in [0.29, 0.717) is 32.1 Å². The highest BCUT2D eigenvalue weighted by Gasteiger charge is 2.42. The monoisotopic (exact) mass is 1550 g/mol. The SMILES string of the molecule is C1CCC(C2CCCCC2)CC1.C1CCC(C2CCCCC2)CC1.O=C(CCCCCNC(=O)C(NC(=O)C1CCCCC1)SSCCOC(=O)Nc1ccn(C2CCC(COP(=O)(O)OP(=O)(O)OP(=O)(O)O)O2)c(=O)n1)NCCn1c(=O)ccn(C2CC(O)C(COP(=O)(O)O)O2)c1=O. The molecule has 9 rings (SSSR count). The van der Waals surface area contributed by atoms with E-state index in [-0.39, 0.29) is 81.2 Å². The number of phosphoric ester groups is 2. The number of amides is 4. The molecule has 5 aliphatic carbocycles. The fourth-order valence-electron chi connectivity index (χ4n) is 14.2. The van der Waals surface area contributed by atoms with Crippen LogP contribution in [0.15, 0.2) is 38.9 Å². The van der Waals surface area contributed by atoms with E-state index in [1.54, 1.807) is 51.4 Å². The van der Waals surface area contributed by atoms with Gasteiger partial charge in [0.1, 0.15) is 31.0 Å². The predicted octanol–water partition coefficient (Wildman–Crippen LogP) is 9.08. The molecule has 5 saturated carbocycles. The van der Waals surface area contributed by atoms with Gasteiger partial charge in [0.05, 0.1) is 25.4 Å². The van der Waals surface area contributed by atoms with E-state index in [1.807, 2.05) is 0 Å². The summed E-state index contributed by atoms with van der Waals surface area (Å²) in [7, 11) is -19.3. The number of carbonyl (C=O) groups is 4. The molecule has 7 aliphatic rings. The number of carbonyl (C=O) groups excluding carboxylic acids is 4. The Hall–Kier alpha value is -3.66. The Kier molecular flexibility index (Phi) is 35.7. The van der Waals surface area contributed by atoms with Gasteiger partial charge in [0.15, 0.2) is 5.37 Å². The third-order valence-corrected chi connectivity index (χ3v) is 26.1. The number of anilines is 1. The maximum Gasteiger partial charge on any atom is 0.490 e. The van der Waals surface area contributed by atoms with Crippen LogP contribution in [0.2, 0.25) is 0 Å². The van der Waals surface area contributed by atoms with Gasteiger partial charge in [-0.3, -0.25) is 47.2 Å². The lowest BCUT2D eigenvalue weighted by Gasteiger charge is -2.32. The van der Waals surface area contributed by atoms with E-state index < -0.39 is 110 Å². The highest BCUT2D eigenvalue weighted by atomic mass is 33.1. The van der Waals surface area contributed by atoms with Crippen LogP contribution >= 0.6 is 52.9 Å². The Balaban J connectivity index is 0.000000490. The van der Waals surface area contributed by atoms with Crippen LogP contribution in [0.4, 0.5) is 10.6 Å². The molecule has 4 amide bonds. The van der Waals surface area contributed by atoms with Crippen LogP contribution in [-0.4, -0.2) is 139 Å². The van der Waals surface area contributed by atoms with Crippen LogP contribution in [0.1, 0.15) is 218 Å². The zero-order chi connectivity index (χ0) is 73.0. The Labute approximate surface area is 595 Å². The fraction of sp³-hybridized carbons (Fsp3) is 0.806. The minimum absolute atomic E-state index is 0.0727. The van der Waals surface area contributed by atoms with Crippen LogP contribution in [0.25, 0.3) is 0 Å². The van der Waals surface area contributed by atoms with Crippen LogP contribution in [0.3, 0.4) is 0 Å². The standard InChI is InChI=1S/C38H60N8O25P4S2.2C12H22/c47-26-21-32(69-27(26)23-66-72(55,56)57)46-17-13-30(49)44(38(46)54)18-15-39-29(48)9-5-2-6-14-40-34(51)35(43-33(50)24-7-3-1-4-8-24)77-76-20-19-65-37(53)42-28-12-16-45(36(52)41-28)31-11-10-25(68-31)22-67-74(61,62)71-75(63,64)70-73(58,59)60;2*1-3-7-11(8-4-1)12-9-5-2-6-10-12/h12-13,16-17,24-27,31-32,35,47H,1-11,14-15,18-23H2,(H,39,48)(H,40,51)(H,43,50)(H,61,62)(H,63,64)(H2,55,56,57)(H2,58,59,60)(H,41,42,52,53);2*11-12H,1-10H2. The summed E-state index contributed by atoms with van der Waals surface area (Å²) in [5, 5.41) is 19.8. The van der Waals surface area contributed by atoms with Crippen LogP contribution in [0.5, 0.6) is 0 Å². The molecular weight excluding hydrogens is 1440 g/mol. The molecule has 0 radical (unpaired) electrons. The lowest BCUT2D eigenvalue weighted by molar-refractivity contribution is -0.129. The summed E-state index contributed by atoms with van der Waals surface area (Å²) < 4.78 is 81.0. The van der Waals surface area contributed by atoms with Crippen molar-refractivity contribution in [2.75, 3.05) is 44.0 Å². The maximum absolute atomic E-state index is 13.3. The number of hydrogen-bond donors (Lipinski definition) is 11. The van der Waals surface area contributed by atoms with E-state index in [1.165, 1.54) is 95.5 Å². The first-order valence-corrected chi connectivity index (χ1v) is 44.0. The summed E-state index contributed by atoms with van der Waals surface area (Å²) >= 11 is 0. The number of nitrogens with zero attached hydrogens (tertiary/aromatic N) is 4. The smallest absolute Gasteiger partial charge is 0.448 e. The summed E-state index contributed by atoms with van der Waals surface area (Å²) in [5.74, 6) is 3.21. The molecule has 8 unspecified atom stereocenters. The predicted molar refractivity (Wildman–Crippen MR) is 373 cm³/mol. The van der Waals surface area contributed by atoms with Crippen molar-refractivity contribution < 1.29 is 104 Å². The molecule has 39 heteroatoms. The first kappa shape index (κ1) is 84.6. The third-order valence-electron chi connectivity index (χ3n) is 19.3. The minimum Gasteiger partial charge on any atom is -0.448 e. The number of aromatic nitrogens is 4. The average Bonchev–Trinajstić information content (AvgIpc) is 1.76. The van der Waals surface area contributed by atoms with Crippen molar-refractivity contribution in [1.82, 2.24) is 34.6 Å². The van der Waals surface area contributed by atoms with Gasteiger partial charge in [-0.05, 0) is 68.3 Å². The van der Waals surface area contributed by atoms with Crippen LogP contribution in [0, 0.1) is 29.6 Å². The Morgan fingerprint density at radius 3 is 1.75 bits per heavy atom. The molecule has 7 fully saturated rings. The van der Waals surface area contributed by atoms with Gasteiger partial charge >= 0.3 is 48.8 Å². The molecule has 574 valence electrons. The molecule has 8 atom stereocenters. The zero-order valence-corrected chi connectivity index (χ0v) is 62.3. The first-order valence-electron chi connectivity index (χ1n) is 35.6. The van der Waals surface area contributed by atoms with E-state index in [9.17, 15) is 66.7 Å². The lowest BCUT2D eigenvalue weighted by atomic mass is 9.73. The van der Waals surface area contributed by atoms with Crippen molar-refractivity contribution in [3.8, 4) is 0 Å². The average molecular weight is 1550 g/mol. The summed E-state index contributed by atoms with van der Waals surface area (Å²) in [6, 6.07) is 2.36. The number of phosphoric acid groups is 4. The Bertz CT molecular complexity index is 3250. The summed E-state index contributed by atoms with van der Waals surface area (Å²) in [4.78, 5) is 148. The van der Waals surface area contributed by atoms with Crippen LogP contribution in [-0.2, 0) is 71.1 Å². The first-order chi connectivity index (χ1) is 48.1. The van der Waals surface area contributed by atoms with Crippen molar-refractivity contribution in [3.05, 3.63) is 55.8 Å². The number of aliphatic hydroxyl groups is 1. The number of nitrogens with one attached hydrogen (secondary N) is 4. The van der Waals surface area contributed by atoms with E-state index in [4.69, 9.17) is 33.8 Å². The topological polar surface area (TPSA) is 470 Å².